The lowest BCUT2D eigenvalue weighted by Crippen LogP contribution is -2.27. The van der Waals surface area contributed by atoms with Crippen LogP contribution in [-0.2, 0) is 19.1 Å². The highest BCUT2D eigenvalue weighted by atomic mass is 16.5. The molecule has 324 valence electrons. The van der Waals surface area contributed by atoms with Gasteiger partial charge < -0.3 is 19.5 Å². The van der Waals surface area contributed by atoms with Gasteiger partial charge in [-0.05, 0) is 77.4 Å². The molecule has 1 N–H and O–H groups in total. The Balaban J connectivity index is 0. The Morgan fingerprint density at radius 2 is 0.778 bits per heavy atom. The first-order valence-corrected chi connectivity index (χ1v) is 24.2. The molecule has 0 radical (unpaired) electrons. The smallest absolute Gasteiger partial charge is 0.308 e. The Hall–Kier alpha value is -1.14. The standard InChI is InChI=1S/C42H83NO5.C6H14/c1-4-7-10-13-15-17-24-33-41(45)47-38-29-20-18-25-34-43(36-27-28-37-44)35-26-19-21-30-39-48-42(46)40(31-22-12-9-6-3)32-23-16-14-11-8-5-2;1-3-5-6-4-2/h40,44H,4-39H2,1-3H3;3-6H2,1-2H3. The Morgan fingerprint density at radius 1 is 0.426 bits per heavy atom. The summed E-state index contributed by atoms with van der Waals surface area (Å²) in [6, 6.07) is 0. The number of carbonyl (C=O) groups is 2. The maximum Gasteiger partial charge on any atom is 0.308 e. The van der Waals surface area contributed by atoms with Crippen molar-refractivity contribution < 1.29 is 24.2 Å². The van der Waals surface area contributed by atoms with Crippen molar-refractivity contribution in [2.75, 3.05) is 39.5 Å². The summed E-state index contributed by atoms with van der Waals surface area (Å²) in [5, 5.41) is 9.24. The molecule has 0 aliphatic rings. The first-order valence-electron chi connectivity index (χ1n) is 24.2. The largest absolute Gasteiger partial charge is 0.466 e. The Bertz CT molecular complexity index is 728. The first-order chi connectivity index (χ1) is 26.5. The van der Waals surface area contributed by atoms with Crippen LogP contribution in [0.4, 0.5) is 0 Å². The molecule has 0 heterocycles. The maximum absolute atomic E-state index is 12.9. The summed E-state index contributed by atoms with van der Waals surface area (Å²) in [6.07, 6.45) is 39.8. The number of aliphatic hydroxyl groups is 1. The van der Waals surface area contributed by atoms with E-state index in [0.717, 1.165) is 110 Å². The minimum atomic E-state index is -0.0257. The van der Waals surface area contributed by atoms with E-state index in [2.05, 4.69) is 39.5 Å². The van der Waals surface area contributed by atoms with Crippen molar-refractivity contribution in [1.82, 2.24) is 4.90 Å². The summed E-state index contributed by atoms with van der Waals surface area (Å²) in [5.41, 5.74) is 0. The summed E-state index contributed by atoms with van der Waals surface area (Å²) >= 11 is 0. The molecule has 0 fully saturated rings. The van der Waals surface area contributed by atoms with Crippen molar-refractivity contribution in [1.29, 1.82) is 0 Å². The number of rotatable bonds is 42. The minimum Gasteiger partial charge on any atom is -0.466 e. The molecule has 0 spiro atoms. The molecular weight excluding hydrogens is 671 g/mol. The lowest BCUT2D eigenvalue weighted by molar-refractivity contribution is -0.149. The summed E-state index contributed by atoms with van der Waals surface area (Å²) in [4.78, 5) is 27.4. The summed E-state index contributed by atoms with van der Waals surface area (Å²) < 4.78 is 11.2. The molecule has 0 aliphatic carbocycles. The van der Waals surface area contributed by atoms with Gasteiger partial charge >= 0.3 is 11.9 Å². The van der Waals surface area contributed by atoms with Crippen LogP contribution in [0, 0.1) is 5.92 Å². The average Bonchev–Trinajstić information content (AvgIpc) is 3.17. The van der Waals surface area contributed by atoms with Gasteiger partial charge in [0, 0.05) is 13.0 Å². The van der Waals surface area contributed by atoms with Crippen LogP contribution in [0.15, 0.2) is 0 Å². The van der Waals surface area contributed by atoms with Crippen molar-refractivity contribution in [2.24, 2.45) is 5.92 Å². The first kappa shape index (κ1) is 55.0. The maximum atomic E-state index is 12.9. The van der Waals surface area contributed by atoms with Crippen LogP contribution < -0.4 is 0 Å². The van der Waals surface area contributed by atoms with Crippen LogP contribution in [0.5, 0.6) is 0 Å². The van der Waals surface area contributed by atoms with Gasteiger partial charge in [0.05, 0.1) is 19.1 Å². The van der Waals surface area contributed by atoms with Crippen LogP contribution >= 0.6 is 0 Å². The summed E-state index contributed by atoms with van der Waals surface area (Å²) in [5.74, 6) is 0.120. The molecular formula is C48H97NO5. The van der Waals surface area contributed by atoms with E-state index in [-0.39, 0.29) is 24.5 Å². The van der Waals surface area contributed by atoms with Crippen LogP contribution in [-0.4, -0.2) is 61.4 Å². The molecule has 0 saturated carbocycles. The predicted molar refractivity (Wildman–Crippen MR) is 234 cm³/mol. The lowest BCUT2D eigenvalue weighted by atomic mass is 9.94. The van der Waals surface area contributed by atoms with E-state index in [1.165, 1.54) is 122 Å². The molecule has 6 heteroatoms. The lowest BCUT2D eigenvalue weighted by Gasteiger charge is -2.22. The number of hydrogen-bond donors (Lipinski definition) is 1. The molecule has 0 saturated heterocycles. The van der Waals surface area contributed by atoms with E-state index < -0.39 is 0 Å². The SMILES string of the molecule is CCCCCC.CCCCCCCCCC(=O)OCCCCCCN(CCCCO)CCCCCCOC(=O)C(CCCCCC)CCCCCCCC. The number of aliphatic hydroxyl groups excluding tert-OH is 1. The van der Waals surface area contributed by atoms with Gasteiger partial charge in [-0.2, -0.15) is 0 Å². The van der Waals surface area contributed by atoms with Gasteiger partial charge in [-0.1, -0.05) is 189 Å². The number of unbranched alkanes of at least 4 members (excludes halogenated alkanes) is 24. The van der Waals surface area contributed by atoms with Crippen LogP contribution in [0.2, 0.25) is 0 Å². The molecule has 6 nitrogen and oxygen atoms in total. The molecule has 0 rings (SSSR count). The third-order valence-electron chi connectivity index (χ3n) is 10.7. The highest BCUT2D eigenvalue weighted by Crippen LogP contribution is 2.21. The topological polar surface area (TPSA) is 76.1 Å². The molecule has 0 aromatic carbocycles. The second kappa shape index (κ2) is 48.0. The molecule has 0 amide bonds. The van der Waals surface area contributed by atoms with Crippen molar-refractivity contribution in [3.05, 3.63) is 0 Å². The minimum absolute atomic E-state index is 0.0257. The Labute approximate surface area is 338 Å². The van der Waals surface area contributed by atoms with Crippen LogP contribution in [0.3, 0.4) is 0 Å². The van der Waals surface area contributed by atoms with E-state index in [9.17, 15) is 14.7 Å². The zero-order chi connectivity index (χ0) is 40.0. The van der Waals surface area contributed by atoms with Gasteiger partial charge in [-0.15, -0.1) is 0 Å². The Morgan fingerprint density at radius 3 is 1.26 bits per heavy atom. The van der Waals surface area contributed by atoms with Crippen molar-refractivity contribution >= 4 is 11.9 Å². The molecule has 0 bridgehead atoms. The fourth-order valence-electron chi connectivity index (χ4n) is 7.01. The van der Waals surface area contributed by atoms with E-state index in [1.54, 1.807) is 0 Å². The molecule has 1 atom stereocenters. The zero-order valence-corrected chi connectivity index (χ0v) is 37.4. The second-order valence-corrected chi connectivity index (χ2v) is 16.2. The summed E-state index contributed by atoms with van der Waals surface area (Å²) in [7, 11) is 0. The highest BCUT2D eigenvalue weighted by molar-refractivity contribution is 5.72. The third-order valence-corrected chi connectivity index (χ3v) is 10.7. The number of ether oxygens (including phenoxy) is 2. The third kappa shape index (κ3) is 43.6. The molecule has 0 aromatic rings. The van der Waals surface area contributed by atoms with E-state index in [1.807, 2.05) is 0 Å². The van der Waals surface area contributed by atoms with Crippen molar-refractivity contribution in [3.63, 3.8) is 0 Å². The molecule has 0 aromatic heterocycles. The fraction of sp³-hybridized carbons (Fsp3) is 0.958. The predicted octanol–water partition coefficient (Wildman–Crippen LogP) is 14.3. The van der Waals surface area contributed by atoms with Crippen LogP contribution in [0.25, 0.3) is 0 Å². The summed E-state index contributed by atoms with van der Waals surface area (Å²) in [6.45, 7) is 15.8. The normalized spacial score (nSPS) is 11.8. The highest BCUT2D eigenvalue weighted by Gasteiger charge is 2.19. The second-order valence-electron chi connectivity index (χ2n) is 16.2. The number of nitrogens with zero attached hydrogens (tertiary/aromatic N) is 1. The number of hydrogen-bond acceptors (Lipinski definition) is 6. The van der Waals surface area contributed by atoms with E-state index in [0.29, 0.717) is 19.6 Å². The molecule has 54 heavy (non-hydrogen) atoms. The van der Waals surface area contributed by atoms with Gasteiger partial charge in [-0.3, -0.25) is 9.59 Å². The number of esters is 2. The number of carbonyl (C=O) groups excluding carboxylic acids is 2. The van der Waals surface area contributed by atoms with Gasteiger partial charge in [0.15, 0.2) is 0 Å². The monoisotopic (exact) mass is 768 g/mol. The van der Waals surface area contributed by atoms with E-state index >= 15 is 0 Å². The quantitative estimate of drug-likeness (QED) is 0.0492. The van der Waals surface area contributed by atoms with Gasteiger partial charge in [-0.25, -0.2) is 0 Å². The molecule has 1 unspecified atom stereocenters. The van der Waals surface area contributed by atoms with E-state index in [4.69, 9.17) is 9.47 Å². The van der Waals surface area contributed by atoms with Crippen molar-refractivity contribution in [2.45, 2.75) is 253 Å². The Kier molecular flexibility index (Phi) is 48.9. The fourth-order valence-corrected chi connectivity index (χ4v) is 7.01. The average molecular weight is 768 g/mol. The zero-order valence-electron chi connectivity index (χ0n) is 37.4. The molecule has 0 aliphatic heterocycles. The van der Waals surface area contributed by atoms with Crippen molar-refractivity contribution in [3.8, 4) is 0 Å². The van der Waals surface area contributed by atoms with Gasteiger partial charge in [0.25, 0.3) is 0 Å². The van der Waals surface area contributed by atoms with Gasteiger partial charge in [0.1, 0.15) is 0 Å². The van der Waals surface area contributed by atoms with Crippen LogP contribution in [0.1, 0.15) is 253 Å². The van der Waals surface area contributed by atoms with Gasteiger partial charge in [0.2, 0.25) is 0 Å².